The summed E-state index contributed by atoms with van der Waals surface area (Å²) in [5, 5.41) is 4.09. The van der Waals surface area contributed by atoms with Crippen LogP contribution in [0.3, 0.4) is 0 Å². The van der Waals surface area contributed by atoms with Crippen LogP contribution in [0.2, 0.25) is 5.02 Å². The number of hydrogen-bond donors (Lipinski definition) is 1. The number of benzene rings is 2. The molecule has 2 aromatic carbocycles. The highest BCUT2D eigenvalue weighted by molar-refractivity contribution is 8.29. The quantitative estimate of drug-likeness (QED) is 0.664. The van der Waals surface area contributed by atoms with Crippen molar-refractivity contribution in [3.63, 3.8) is 0 Å². The molecule has 136 valence electrons. The molecule has 0 saturated carbocycles. The molecule has 4 nitrogen and oxygen atoms in total. The van der Waals surface area contributed by atoms with Crippen molar-refractivity contribution in [1.29, 1.82) is 0 Å². The van der Waals surface area contributed by atoms with Gasteiger partial charge in [-0.1, -0.05) is 23.7 Å². The van der Waals surface area contributed by atoms with E-state index >= 15 is 0 Å². The second-order valence-electron chi connectivity index (χ2n) is 5.30. The fraction of sp³-hybridized carbons (Fsp3) is 0.0625. The zero-order valence-electron chi connectivity index (χ0n) is 12.8. The molecule has 0 radical (unpaired) electrons. The van der Waals surface area contributed by atoms with E-state index in [2.05, 4.69) is 16.3 Å². The number of alkyl halides is 3. The summed E-state index contributed by atoms with van der Waals surface area (Å²) >= 11 is 10.3. The lowest BCUT2D eigenvalue weighted by molar-refractivity contribution is -0.141. The maximum atomic E-state index is 13.1. The van der Waals surface area contributed by atoms with Crippen molar-refractivity contribution in [3.05, 3.63) is 65.3 Å². The topological polar surface area (TPSA) is 55.1 Å². The first-order chi connectivity index (χ1) is 12.1. The lowest BCUT2D eigenvalue weighted by Crippen LogP contribution is -2.07. The van der Waals surface area contributed by atoms with Crippen molar-refractivity contribution in [2.45, 2.75) is 11.1 Å². The van der Waals surface area contributed by atoms with Crippen LogP contribution in [-0.4, -0.2) is 18.5 Å². The Bertz CT molecular complexity index is 1040. The molecular weight excluding hydrogens is 409 g/mol. The first-order valence-electron chi connectivity index (χ1n) is 7.07. The smallest absolute Gasteiger partial charge is 0.302 e. The van der Waals surface area contributed by atoms with Crippen LogP contribution in [0.25, 0.3) is 16.9 Å². The van der Waals surface area contributed by atoms with Crippen LogP contribution in [0, 0.1) is 0 Å². The minimum Gasteiger partial charge on any atom is -0.302 e. The van der Waals surface area contributed by atoms with Gasteiger partial charge in [-0.3, -0.25) is 0 Å². The molecular formula is C16H10ClF3N2O2S2. The summed E-state index contributed by atoms with van der Waals surface area (Å²) in [4.78, 5) is -0.00695. The summed E-state index contributed by atoms with van der Waals surface area (Å²) in [5.41, 5.74) is -0.0888. The SMILES string of the molecule is O=S(O)(=S)c1ccc(-n2nc(C(F)(F)F)cc2-c2ccc(Cl)cc2)cc1. The molecule has 0 aliphatic rings. The summed E-state index contributed by atoms with van der Waals surface area (Å²) in [6, 6.07) is 12.5. The molecule has 0 bridgehead atoms. The zero-order chi connectivity index (χ0) is 19.1. The van der Waals surface area contributed by atoms with E-state index in [4.69, 9.17) is 11.6 Å². The van der Waals surface area contributed by atoms with Crippen molar-refractivity contribution in [3.8, 4) is 16.9 Å². The maximum Gasteiger partial charge on any atom is 0.435 e. The Kier molecular flexibility index (Phi) is 4.82. The Labute approximate surface area is 156 Å². The van der Waals surface area contributed by atoms with Crippen molar-refractivity contribution in [2.75, 3.05) is 0 Å². The summed E-state index contributed by atoms with van der Waals surface area (Å²) in [7, 11) is -3.58. The van der Waals surface area contributed by atoms with E-state index in [0.717, 1.165) is 10.7 Å². The molecule has 1 atom stereocenters. The lowest BCUT2D eigenvalue weighted by Gasteiger charge is -2.09. The highest BCUT2D eigenvalue weighted by Crippen LogP contribution is 2.33. The molecule has 3 rings (SSSR count). The normalized spacial score (nSPS) is 14.2. The predicted molar refractivity (Wildman–Crippen MR) is 95.4 cm³/mol. The average molecular weight is 419 g/mol. The monoisotopic (exact) mass is 418 g/mol. The number of rotatable bonds is 3. The molecule has 0 aliphatic carbocycles. The van der Waals surface area contributed by atoms with Gasteiger partial charge >= 0.3 is 6.18 Å². The zero-order valence-corrected chi connectivity index (χ0v) is 15.2. The van der Waals surface area contributed by atoms with Gasteiger partial charge in [0, 0.05) is 21.8 Å². The molecule has 0 amide bonds. The summed E-state index contributed by atoms with van der Waals surface area (Å²) in [6.07, 6.45) is -4.62. The number of hydrogen-bond acceptors (Lipinski definition) is 3. The number of aromatic nitrogens is 2. The van der Waals surface area contributed by atoms with Crippen LogP contribution < -0.4 is 0 Å². The van der Waals surface area contributed by atoms with Gasteiger partial charge in [-0.25, -0.2) is 8.89 Å². The van der Waals surface area contributed by atoms with Gasteiger partial charge in [0.15, 0.2) is 14.5 Å². The standard InChI is InChI=1S/C16H10ClF3N2O2S2/c17-11-3-1-10(2-4-11)14-9-15(16(18,19)20)21-22(14)12-5-7-13(8-6-12)26(23,24)25/h1-9H,(H,23,24,25). The maximum absolute atomic E-state index is 13.1. The van der Waals surface area contributed by atoms with Gasteiger partial charge < -0.3 is 4.55 Å². The first-order valence-corrected chi connectivity index (χ1v) is 9.88. The lowest BCUT2D eigenvalue weighted by atomic mass is 10.1. The number of halogens is 4. The minimum absolute atomic E-state index is 0.00695. The molecule has 0 saturated heterocycles. The molecule has 26 heavy (non-hydrogen) atoms. The van der Waals surface area contributed by atoms with Crippen LogP contribution in [0.1, 0.15) is 5.69 Å². The molecule has 3 aromatic rings. The van der Waals surface area contributed by atoms with E-state index in [0.29, 0.717) is 10.6 Å². The molecule has 1 aromatic heterocycles. The molecule has 10 heteroatoms. The minimum atomic E-state index is -4.62. The van der Waals surface area contributed by atoms with Crippen molar-refractivity contribution >= 4 is 31.6 Å². The fourth-order valence-corrected chi connectivity index (χ4v) is 3.24. The largest absolute Gasteiger partial charge is 0.435 e. The van der Waals surface area contributed by atoms with Crippen molar-refractivity contribution in [1.82, 2.24) is 9.78 Å². The summed E-state index contributed by atoms with van der Waals surface area (Å²) in [6.45, 7) is 0. The van der Waals surface area contributed by atoms with Crippen LogP contribution in [-0.2, 0) is 26.1 Å². The van der Waals surface area contributed by atoms with Gasteiger partial charge in [0.2, 0.25) is 0 Å². The van der Waals surface area contributed by atoms with Gasteiger partial charge in [-0.2, -0.15) is 18.3 Å². The van der Waals surface area contributed by atoms with Gasteiger partial charge in [0.1, 0.15) is 0 Å². The first kappa shape index (κ1) is 18.8. The third-order valence-electron chi connectivity index (χ3n) is 3.52. The van der Waals surface area contributed by atoms with E-state index < -0.39 is 20.6 Å². The molecule has 0 fully saturated rings. The van der Waals surface area contributed by atoms with Gasteiger partial charge in [0.05, 0.1) is 16.3 Å². The average Bonchev–Trinajstić information content (AvgIpc) is 3.00. The third-order valence-corrected chi connectivity index (χ3v) is 5.22. The molecule has 1 N–H and O–H groups in total. The Morgan fingerprint density at radius 1 is 1.08 bits per heavy atom. The van der Waals surface area contributed by atoms with E-state index in [1.165, 1.54) is 24.3 Å². The molecule has 0 aliphatic heterocycles. The van der Waals surface area contributed by atoms with E-state index in [1.807, 2.05) is 0 Å². The van der Waals surface area contributed by atoms with Gasteiger partial charge in [-0.05, 0) is 42.5 Å². The third kappa shape index (κ3) is 3.90. The van der Waals surface area contributed by atoms with Crippen LogP contribution in [0.15, 0.2) is 59.5 Å². The fourth-order valence-electron chi connectivity index (χ4n) is 2.30. The second kappa shape index (κ2) is 6.66. The predicted octanol–water partition coefficient (Wildman–Crippen LogP) is 4.79. The van der Waals surface area contributed by atoms with E-state index in [-0.39, 0.29) is 16.3 Å². The van der Waals surface area contributed by atoms with Gasteiger partial charge in [-0.15, -0.1) is 0 Å². The Morgan fingerprint density at radius 2 is 1.65 bits per heavy atom. The second-order valence-corrected chi connectivity index (χ2v) is 8.51. The van der Waals surface area contributed by atoms with Crippen molar-refractivity contribution < 1.29 is 21.9 Å². The summed E-state index contributed by atoms with van der Waals surface area (Å²) < 4.78 is 61.3. The molecule has 1 heterocycles. The Balaban J connectivity index is 2.16. The van der Waals surface area contributed by atoms with Crippen LogP contribution in [0.4, 0.5) is 13.2 Å². The van der Waals surface area contributed by atoms with Crippen molar-refractivity contribution in [2.24, 2.45) is 0 Å². The van der Waals surface area contributed by atoms with Crippen LogP contribution >= 0.6 is 11.6 Å². The summed E-state index contributed by atoms with van der Waals surface area (Å²) in [5.74, 6) is 0. The van der Waals surface area contributed by atoms with Crippen LogP contribution in [0.5, 0.6) is 0 Å². The van der Waals surface area contributed by atoms with E-state index in [1.54, 1.807) is 24.3 Å². The highest BCUT2D eigenvalue weighted by atomic mass is 35.5. The highest BCUT2D eigenvalue weighted by Gasteiger charge is 2.35. The van der Waals surface area contributed by atoms with E-state index in [9.17, 15) is 21.9 Å². The molecule has 0 spiro atoms. The molecule has 1 unspecified atom stereocenters. The Morgan fingerprint density at radius 3 is 2.15 bits per heavy atom. The Hall–Kier alpha value is -1.94. The van der Waals surface area contributed by atoms with Gasteiger partial charge in [0.25, 0.3) is 0 Å². The number of nitrogens with zero attached hydrogens (tertiary/aromatic N) is 2.